The molecular formula is C14H21N3O2. The Kier molecular flexibility index (Phi) is 3.93. The number of carbonyl (C=O) groups excluding carboxylic acids is 1. The number of nitrogen functional groups attached to an aromatic ring is 1. The average molecular weight is 263 g/mol. The monoisotopic (exact) mass is 263 g/mol. The Hall–Kier alpha value is -1.78. The van der Waals surface area contributed by atoms with Crippen LogP contribution in [0.4, 0.5) is 11.5 Å². The molecule has 0 bridgehead atoms. The molecule has 1 aliphatic rings. The van der Waals surface area contributed by atoms with Gasteiger partial charge in [0.15, 0.2) is 0 Å². The SMILES string of the molecule is CCOC(=O)c1cc(N)cnc1N1CC(C)C(C)C1. The zero-order chi connectivity index (χ0) is 14.0. The van der Waals surface area contributed by atoms with Gasteiger partial charge in [-0.05, 0) is 24.8 Å². The molecule has 0 saturated carbocycles. The molecule has 1 aromatic rings. The molecule has 1 fully saturated rings. The molecule has 0 radical (unpaired) electrons. The van der Waals surface area contributed by atoms with Crippen molar-refractivity contribution in [2.24, 2.45) is 11.8 Å². The number of nitrogens with zero attached hydrogens (tertiary/aromatic N) is 2. The largest absolute Gasteiger partial charge is 0.462 e. The zero-order valence-electron chi connectivity index (χ0n) is 11.7. The van der Waals surface area contributed by atoms with E-state index >= 15 is 0 Å². The van der Waals surface area contributed by atoms with Crippen molar-refractivity contribution in [2.75, 3.05) is 30.3 Å². The van der Waals surface area contributed by atoms with Crippen LogP contribution in [-0.2, 0) is 4.74 Å². The molecule has 19 heavy (non-hydrogen) atoms. The molecule has 1 saturated heterocycles. The van der Waals surface area contributed by atoms with Crippen molar-refractivity contribution in [1.29, 1.82) is 0 Å². The molecule has 2 heterocycles. The summed E-state index contributed by atoms with van der Waals surface area (Å²) in [6, 6.07) is 1.65. The Balaban J connectivity index is 2.32. The Labute approximate surface area is 113 Å². The summed E-state index contributed by atoms with van der Waals surface area (Å²) in [6.07, 6.45) is 1.59. The maximum Gasteiger partial charge on any atom is 0.341 e. The van der Waals surface area contributed by atoms with E-state index in [2.05, 4.69) is 23.7 Å². The summed E-state index contributed by atoms with van der Waals surface area (Å²) in [5, 5.41) is 0. The van der Waals surface area contributed by atoms with Crippen molar-refractivity contribution < 1.29 is 9.53 Å². The number of esters is 1. The van der Waals surface area contributed by atoms with E-state index in [4.69, 9.17) is 10.5 Å². The van der Waals surface area contributed by atoms with Crippen LogP contribution < -0.4 is 10.6 Å². The van der Waals surface area contributed by atoms with Gasteiger partial charge in [0.1, 0.15) is 11.4 Å². The Bertz CT molecular complexity index is 466. The highest BCUT2D eigenvalue weighted by molar-refractivity contribution is 5.95. The van der Waals surface area contributed by atoms with E-state index in [1.165, 1.54) is 0 Å². The minimum absolute atomic E-state index is 0.347. The zero-order valence-corrected chi connectivity index (χ0v) is 11.7. The quantitative estimate of drug-likeness (QED) is 0.844. The smallest absolute Gasteiger partial charge is 0.341 e. The first-order chi connectivity index (χ1) is 9.02. The van der Waals surface area contributed by atoms with Gasteiger partial charge in [0.25, 0.3) is 0 Å². The van der Waals surface area contributed by atoms with Crippen molar-refractivity contribution in [3.63, 3.8) is 0 Å². The standard InChI is InChI=1S/C14H21N3O2/c1-4-19-14(18)12-5-11(15)6-16-13(12)17-7-9(2)10(3)8-17/h5-6,9-10H,4,7-8,15H2,1-3H3. The third-order valence-electron chi connectivity index (χ3n) is 3.67. The van der Waals surface area contributed by atoms with E-state index in [0.717, 1.165) is 13.1 Å². The van der Waals surface area contributed by atoms with Crippen LogP contribution in [0.25, 0.3) is 0 Å². The molecule has 2 N–H and O–H groups in total. The van der Waals surface area contributed by atoms with E-state index in [-0.39, 0.29) is 5.97 Å². The molecular weight excluding hydrogens is 242 g/mol. The van der Waals surface area contributed by atoms with Gasteiger partial charge in [-0.3, -0.25) is 0 Å². The summed E-state index contributed by atoms with van der Waals surface area (Å²) in [7, 11) is 0. The first-order valence-electron chi connectivity index (χ1n) is 6.70. The molecule has 2 atom stereocenters. The number of anilines is 2. The van der Waals surface area contributed by atoms with Gasteiger partial charge in [0.2, 0.25) is 0 Å². The number of hydrogen-bond donors (Lipinski definition) is 1. The predicted octanol–water partition coefficient (Wildman–Crippen LogP) is 1.93. The van der Waals surface area contributed by atoms with Gasteiger partial charge >= 0.3 is 5.97 Å². The highest BCUT2D eigenvalue weighted by Crippen LogP contribution is 2.29. The summed E-state index contributed by atoms with van der Waals surface area (Å²) in [5.41, 5.74) is 6.67. The van der Waals surface area contributed by atoms with E-state index in [1.807, 2.05) is 0 Å². The van der Waals surface area contributed by atoms with Crippen LogP contribution in [0.15, 0.2) is 12.3 Å². The molecule has 0 aromatic carbocycles. The molecule has 104 valence electrons. The first-order valence-corrected chi connectivity index (χ1v) is 6.70. The summed E-state index contributed by atoms with van der Waals surface area (Å²) >= 11 is 0. The minimum Gasteiger partial charge on any atom is -0.462 e. The van der Waals surface area contributed by atoms with Crippen molar-refractivity contribution in [3.8, 4) is 0 Å². The highest BCUT2D eigenvalue weighted by atomic mass is 16.5. The first kappa shape index (κ1) is 13.6. The summed E-state index contributed by atoms with van der Waals surface area (Å²) in [5.74, 6) is 1.51. The highest BCUT2D eigenvalue weighted by Gasteiger charge is 2.29. The normalized spacial score (nSPS) is 22.6. The maximum absolute atomic E-state index is 12.0. The molecule has 2 rings (SSSR count). The molecule has 1 aliphatic heterocycles. The number of hydrogen-bond acceptors (Lipinski definition) is 5. The van der Waals surface area contributed by atoms with Gasteiger partial charge in [-0.25, -0.2) is 9.78 Å². The third kappa shape index (κ3) is 2.80. The fourth-order valence-electron chi connectivity index (χ4n) is 2.39. The summed E-state index contributed by atoms with van der Waals surface area (Å²) in [4.78, 5) is 18.5. The van der Waals surface area contributed by atoms with Gasteiger partial charge in [0.05, 0.1) is 18.5 Å². The predicted molar refractivity (Wildman–Crippen MR) is 75.1 cm³/mol. The molecule has 0 amide bonds. The Morgan fingerprint density at radius 3 is 2.68 bits per heavy atom. The van der Waals surface area contributed by atoms with Gasteiger partial charge in [-0.2, -0.15) is 0 Å². The molecule has 2 unspecified atom stereocenters. The van der Waals surface area contributed by atoms with Crippen LogP contribution in [0, 0.1) is 11.8 Å². The third-order valence-corrected chi connectivity index (χ3v) is 3.67. The van der Waals surface area contributed by atoms with Gasteiger partial charge < -0.3 is 15.4 Å². The van der Waals surface area contributed by atoms with Crippen molar-refractivity contribution in [2.45, 2.75) is 20.8 Å². The number of rotatable bonds is 3. The average Bonchev–Trinajstić information content (AvgIpc) is 2.69. The van der Waals surface area contributed by atoms with Crippen molar-refractivity contribution in [1.82, 2.24) is 4.98 Å². The molecule has 5 nitrogen and oxygen atoms in total. The molecule has 5 heteroatoms. The number of nitrogens with two attached hydrogens (primary N) is 1. The van der Waals surface area contributed by atoms with E-state index < -0.39 is 0 Å². The fraction of sp³-hybridized carbons (Fsp3) is 0.571. The lowest BCUT2D eigenvalue weighted by Gasteiger charge is -2.20. The van der Waals surface area contributed by atoms with Crippen LogP contribution >= 0.6 is 0 Å². The van der Waals surface area contributed by atoms with Crippen LogP contribution in [0.1, 0.15) is 31.1 Å². The number of aromatic nitrogens is 1. The number of pyridine rings is 1. The lowest BCUT2D eigenvalue weighted by molar-refractivity contribution is 0.0526. The molecule has 0 spiro atoms. The van der Waals surface area contributed by atoms with E-state index in [9.17, 15) is 4.79 Å². The van der Waals surface area contributed by atoms with Crippen molar-refractivity contribution >= 4 is 17.5 Å². The van der Waals surface area contributed by atoms with Crippen LogP contribution in [0.2, 0.25) is 0 Å². The van der Waals surface area contributed by atoms with Gasteiger partial charge in [0, 0.05) is 13.1 Å². The summed E-state index contributed by atoms with van der Waals surface area (Å²) < 4.78 is 5.08. The van der Waals surface area contributed by atoms with Crippen LogP contribution in [0.3, 0.4) is 0 Å². The van der Waals surface area contributed by atoms with Gasteiger partial charge in [-0.1, -0.05) is 13.8 Å². The summed E-state index contributed by atoms with van der Waals surface area (Å²) in [6.45, 7) is 8.38. The molecule has 1 aromatic heterocycles. The number of carbonyl (C=O) groups is 1. The fourth-order valence-corrected chi connectivity index (χ4v) is 2.39. The van der Waals surface area contributed by atoms with Crippen molar-refractivity contribution in [3.05, 3.63) is 17.8 Å². The second-order valence-corrected chi connectivity index (χ2v) is 5.22. The van der Waals surface area contributed by atoms with Gasteiger partial charge in [-0.15, -0.1) is 0 Å². The second kappa shape index (κ2) is 5.47. The lowest BCUT2D eigenvalue weighted by atomic mass is 10.0. The maximum atomic E-state index is 12.0. The second-order valence-electron chi connectivity index (χ2n) is 5.22. The van der Waals surface area contributed by atoms with E-state index in [1.54, 1.807) is 19.2 Å². The van der Waals surface area contributed by atoms with E-state index in [0.29, 0.717) is 35.5 Å². The topological polar surface area (TPSA) is 68.5 Å². The van der Waals surface area contributed by atoms with Crippen LogP contribution in [0.5, 0.6) is 0 Å². The molecule has 0 aliphatic carbocycles. The Morgan fingerprint density at radius 1 is 1.47 bits per heavy atom. The Morgan fingerprint density at radius 2 is 2.11 bits per heavy atom. The number of ether oxygens (including phenoxy) is 1. The minimum atomic E-state index is -0.357. The lowest BCUT2D eigenvalue weighted by Crippen LogP contribution is -2.24. The van der Waals surface area contributed by atoms with Crippen LogP contribution in [-0.4, -0.2) is 30.6 Å².